The number of aromatic nitrogens is 2. The zero-order chi connectivity index (χ0) is 32.2. The van der Waals surface area contributed by atoms with E-state index in [1.165, 1.54) is 22.2 Å². The summed E-state index contributed by atoms with van der Waals surface area (Å²) in [4.78, 5) is 0. The number of allylic oxidation sites excluding steroid dienone is 1. The first-order valence-corrected chi connectivity index (χ1v) is 16.2. The Morgan fingerprint density at radius 1 is 0.542 bits per heavy atom. The molecule has 0 fully saturated rings. The zero-order valence-corrected chi connectivity index (χ0v) is 26.1. The summed E-state index contributed by atoms with van der Waals surface area (Å²) in [6.45, 7) is 0. The number of nitrogens with zero attached hydrogens (tertiary/aromatic N) is 4. The van der Waals surface area contributed by atoms with Crippen molar-refractivity contribution in [1.82, 2.24) is 9.13 Å². The lowest BCUT2D eigenvalue weighted by molar-refractivity contribution is 0.889. The van der Waals surface area contributed by atoms with Crippen molar-refractivity contribution in [1.29, 1.82) is 10.5 Å². The van der Waals surface area contributed by atoms with Gasteiger partial charge in [-0.05, 0) is 78.1 Å². The molecule has 0 aliphatic heterocycles. The van der Waals surface area contributed by atoms with Crippen LogP contribution in [0.1, 0.15) is 28.8 Å². The van der Waals surface area contributed by atoms with Crippen LogP contribution in [-0.2, 0) is 6.42 Å². The molecule has 0 bridgehead atoms. The molecule has 0 atom stereocenters. The molecule has 4 nitrogen and oxygen atoms in total. The molecule has 1 aliphatic rings. The van der Waals surface area contributed by atoms with E-state index in [4.69, 9.17) is 0 Å². The van der Waals surface area contributed by atoms with Gasteiger partial charge in [-0.2, -0.15) is 10.5 Å². The summed E-state index contributed by atoms with van der Waals surface area (Å²) < 4.78 is 4.61. The van der Waals surface area contributed by atoms with Crippen LogP contribution in [0, 0.1) is 22.7 Å². The Balaban J connectivity index is 1.21. The van der Waals surface area contributed by atoms with E-state index in [0.29, 0.717) is 11.1 Å². The van der Waals surface area contributed by atoms with Gasteiger partial charge in [0, 0.05) is 38.7 Å². The first kappa shape index (κ1) is 27.7. The Bertz CT molecular complexity index is 2650. The van der Waals surface area contributed by atoms with Gasteiger partial charge in [-0.3, -0.25) is 0 Å². The molecule has 0 saturated heterocycles. The molecule has 48 heavy (non-hydrogen) atoms. The van der Waals surface area contributed by atoms with Gasteiger partial charge in [-0.1, -0.05) is 97.1 Å². The molecular weight excluding hydrogens is 585 g/mol. The third-order valence-electron chi connectivity index (χ3n) is 9.64. The van der Waals surface area contributed by atoms with Crippen molar-refractivity contribution in [2.75, 3.05) is 0 Å². The molecule has 4 heteroatoms. The minimum Gasteiger partial charge on any atom is -0.312 e. The van der Waals surface area contributed by atoms with E-state index in [2.05, 4.69) is 130 Å². The predicted octanol–water partition coefficient (Wildman–Crippen LogP) is 10.8. The summed E-state index contributed by atoms with van der Waals surface area (Å²) in [5.41, 5.74) is 12.7. The summed E-state index contributed by atoms with van der Waals surface area (Å²) in [5, 5.41) is 24.2. The summed E-state index contributed by atoms with van der Waals surface area (Å²) in [5.74, 6) is 0. The number of hydrogen-bond donors (Lipinski definition) is 0. The second-order valence-corrected chi connectivity index (χ2v) is 12.3. The Hall–Kier alpha value is -6.62. The van der Waals surface area contributed by atoms with Crippen LogP contribution in [0.25, 0.3) is 72.4 Å². The number of benzene rings is 6. The van der Waals surface area contributed by atoms with E-state index < -0.39 is 0 Å². The Morgan fingerprint density at radius 2 is 1.21 bits per heavy atom. The second kappa shape index (κ2) is 11.0. The van der Waals surface area contributed by atoms with E-state index >= 15 is 0 Å². The summed E-state index contributed by atoms with van der Waals surface area (Å²) in [6, 6.07) is 50.6. The molecule has 1 aliphatic carbocycles. The molecule has 9 rings (SSSR count). The number of hydrogen-bond acceptors (Lipinski definition) is 2. The van der Waals surface area contributed by atoms with E-state index in [1.54, 1.807) is 0 Å². The fourth-order valence-electron chi connectivity index (χ4n) is 7.58. The first-order valence-electron chi connectivity index (χ1n) is 16.2. The van der Waals surface area contributed by atoms with Crippen LogP contribution < -0.4 is 0 Å². The molecule has 0 saturated carbocycles. The first-order chi connectivity index (χ1) is 23.7. The van der Waals surface area contributed by atoms with Crippen LogP contribution in [0.3, 0.4) is 0 Å². The average molecular weight is 613 g/mol. The fraction of sp³-hybridized carbons (Fsp3) is 0.0455. The maximum Gasteiger partial charge on any atom is 0.0998 e. The Morgan fingerprint density at radius 3 is 1.94 bits per heavy atom. The minimum atomic E-state index is 0.543. The molecule has 0 amide bonds. The van der Waals surface area contributed by atoms with Gasteiger partial charge < -0.3 is 9.13 Å². The van der Waals surface area contributed by atoms with Crippen molar-refractivity contribution in [3.8, 4) is 45.8 Å². The van der Waals surface area contributed by atoms with E-state index in [1.807, 2.05) is 36.4 Å². The van der Waals surface area contributed by atoms with Crippen molar-refractivity contribution in [3.63, 3.8) is 0 Å². The number of rotatable bonds is 4. The highest BCUT2D eigenvalue weighted by atomic mass is 15.0. The van der Waals surface area contributed by atoms with E-state index in [-0.39, 0.29) is 0 Å². The van der Waals surface area contributed by atoms with Crippen molar-refractivity contribution in [2.24, 2.45) is 0 Å². The van der Waals surface area contributed by atoms with E-state index in [0.717, 1.165) is 68.3 Å². The van der Waals surface area contributed by atoms with Gasteiger partial charge in [-0.15, -0.1) is 0 Å². The molecule has 6 aromatic carbocycles. The van der Waals surface area contributed by atoms with Crippen LogP contribution in [0.4, 0.5) is 0 Å². The highest BCUT2D eigenvalue weighted by molar-refractivity contribution is 6.09. The van der Waals surface area contributed by atoms with Gasteiger partial charge >= 0.3 is 0 Å². The smallest absolute Gasteiger partial charge is 0.0998 e. The van der Waals surface area contributed by atoms with Crippen molar-refractivity contribution in [2.45, 2.75) is 12.8 Å². The van der Waals surface area contributed by atoms with Gasteiger partial charge in [0.15, 0.2) is 0 Å². The summed E-state index contributed by atoms with van der Waals surface area (Å²) in [6.07, 6.45) is 6.50. The highest BCUT2D eigenvalue weighted by Gasteiger charge is 2.21. The lowest BCUT2D eigenvalue weighted by Crippen LogP contribution is -2.04. The third kappa shape index (κ3) is 4.21. The summed E-state index contributed by atoms with van der Waals surface area (Å²) >= 11 is 0. The SMILES string of the molecule is N#Cc1cc(-c2ccc(-c3ccccc3-n3c4c(c5ccccc53)C=CCC4)cc2C#N)cc(-n2c3ccccc3c3ccccc32)c1. The van der Waals surface area contributed by atoms with Crippen molar-refractivity contribution < 1.29 is 0 Å². The highest BCUT2D eigenvalue weighted by Crippen LogP contribution is 2.39. The number of para-hydroxylation sites is 4. The average Bonchev–Trinajstić information content (AvgIpc) is 3.67. The van der Waals surface area contributed by atoms with Crippen molar-refractivity contribution >= 4 is 38.8 Å². The Labute approximate surface area is 278 Å². The van der Waals surface area contributed by atoms with Crippen LogP contribution >= 0.6 is 0 Å². The van der Waals surface area contributed by atoms with Gasteiger partial charge in [-0.25, -0.2) is 0 Å². The number of nitriles is 2. The quantitative estimate of drug-likeness (QED) is 0.199. The Kier molecular flexibility index (Phi) is 6.35. The van der Waals surface area contributed by atoms with E-state index in [9.17, 15) is 10.5 Å². The minimum absolute atomic E-state index is 0.543. The van der Waals surface area contributed by atoms with Gasteiger partial charge in [0.25, 0.3) is 0 Å². The molecule has 0 unspecified atom stereocenters. The standard InChI is InChI=1S/C44H28N4/c45-27-29-23-31(26-33(24-29)47-41-17-7-2-12-36(41)37-13-3-8-18-42(37)47)34-22-21-30(25-32(34)28-46)35-11-1-6-16-40(35)48-43-19-9-4-14-38(43)39-15-5-10-20-44(39)48/h1-9,11-19,21-26H,10,20H2. The molecule has 224 valence electrons. The molecule has 0 radical (unpaired) electrons. The normalized spacial score (nSPS) is 12.3. The lowest BCUT2D eigenvalue weighted by Gasteiger charge is -2.18. The zero-order valence-electron chi connectivity index (χ0n) is 26.1. The van der Waals surface area contributed by atoms with Crippen LogP contribution in [0.5, 0.6) is 0 Å². The predicted molar refractivity (Wildman–Crippen MR) is 195 cm³/mol. The summed E-state index contributed by atoms with van der Waals surface area (Å²) in [7, 11) is 0. The monoisotopic (exact) mass is 612 g/mol. The van der Waals surface area contributed by atoms with Crippen LogP contribution in [0.2, 0.25) is 0 Å². The molecule has 2 heterocycles. The second-order valence-electron chi connectivity index (χ2n) is 12.3. The molecule has 0 N–H and O–H groups in total. The third-order valence-corrected chi connectivity index (χ3v) is 9.64. The lowest BCUT2D eigenvalue weighted by atomic mass is 9.93. The van der Waals surface area contributed by atoms with Crippen LogP contribution in [0.15, 0.2) is 140 Å². The van der Waals surface area contributed by atoms with Gasteiger partial charge in [0.2, 0.25) is 0 Å². The largest absolute Gasteiger partial charge is 0.312 e. The van der Waals surface area contributed by atoms with Gasteiger partial charge in [0.1, 0.15) is 0 Å². The molecule has 8 aromatic rings. The molecular formula is C44H28N4. The maximum atomic E-state index is 10.5. The topological polar surface area (TPSA) is 57.4 Å². The molecule has 0 spiro atoms. The van der Waals surface area contributed by atoms with Gasteiger partial charge in [0.05, 0.1) is 45.5 Å². The molecule has 2 aromatic heterocycles. The maximum absolute atomic E-state index is 10.5. The number of fused-ring (bicyclic) bond motifs is 6. The fourth-order valence-corrected chi connectivity index (χ4v) is 7.58. The van der Waals surface area contributed by atoms with Crippen LogP contribution in [-0.4, -0.2) is 9.13 Å². The van der Waals surface area contributed by atoms with Crippen molar-refractivity contribution in [3.05, 3.63) is 162 Å².